The van der Waals surface area contributed by atoms with E-state index in [2.05, 4.69) is 19.9 Å². The topological polar surface area (TPSA) is 17.1 Å². The van der Waals surface area contributed by atoms with Gasteiger partial charge in [-0.25, -0.2) is 0 Å². The first-order valence-corrected chi connectivity index (χ1v) is 5.96. The maximum Gasteiger partial charge on any atom is 0.0529 e. The molecule has 0 heterocycles. The summed E-state index contributed by atoms with van der Waals surface area (Å²) in [7, 11) is -0.822. The molecule has 1 aromatic carbocycles. The molecule has 0 fully saturated rings. The molecule has 1 aromatic rings. The highest BCUT2D eigenvalue weighted by atomic mass is 32.2. The first-order valence-electron chi connectivity index (χ1n) is 4.64. The van der Waals surface area contributed by atoms with Gasteiger partial charge in [-0.3, -0.25) is 4.21 Å². The fourth-order valence-corrected chi connectivity index (χ4v) is 2.43. The summed E-state index contributed by atoms with van der Waals surface area (Å²) in [5.74, 6) is 1.15. The zero-order valence-corrected chi connectivity index (χ0v) is 9.23. The van der Waals surface area contributed by atoms with Crippen LogP contribution in [0.4, 0.5) is 0 Å². The van der Waals surface area contributed by atoms with Crippen LogP contribution in [-0.4, -0.2) is 9.96 Å². The van der Waals surface area contributed by atoms with E-state index in [1.54, 1.807) is 0 Å². The van der Waals surface area contributed by atoms with E-state index in [1.165, 1.54) is 5.56 Å². The quantitative estimate of drug-likeness (QED) is 0.726. The summed E-state index contributed by atoms with van der Waals surface area (Å²) in [4.78, 5) is 1.00. The molecule has 2 heteroatoms. The van der Waals surface area contributed by atoms with Gasteiger partial charge in [0.1, 0.15) is 0 Å². The number of hydrogen-bond acceptors (Lipinski definition) is 1. The monoisotopic (exact) mass is 196 g/mol. The van der Waals surface area contributed by atoms with Crippen molar-refractivity contribution in [3.8, 4) is 0 Å². The van der Waals surface area contributed by atoms with Gasteiger partial charge in [0.2, 0.25) is 0 Å². The van der Waals surface area contributed by atoms with E-state index in [0.29, 0.717) is 11.7 Å². The largest absolute Gasteiger partial charge is 0.254 e. The predicted octanol–water partition coefficient (Wildman–Crippen LogP) is 2.94. The minimum Gasteiger partial charge on any atom is -0.254 e. The molecule has 0 N–H and O–H groups in total. The van der Waals surface area contributed by atoms with E-state index in [-0.39, 0.29) is 0 Å². The highest BCUT2D eigenvalue weighted by molar-refractivity contribution is 7.85. The molecule has 0 saturated heterocycles. The summed E-state index contributed by atoms with van der Waals surface area (Å²) in [6.07, 6.45) is 0. The Balaban J connectivity index is 3.12. The lowest BCUT2D eigenvalue weighted by atomic mass is 10.0. The minimum absolute atomic E-state index is 0.451. The molecule has 13 heavy (non-hydrogen) atoms. The van der Waals surface area contributed by atoms with Gasteiger partial charge in [-0.15, -0.1) is 0 Å². The molecular formula is C11H16OS. The lowest BCUT2D eigenvalue weighted by molar-refractivity contribution is 0.681. The first kappa shape index (κ1) is 10.5. The second-order valence-corrected chi connectivity index (χ2v) is 5.03. The van der Waals surface area contributed by atoms with Gasteiger partial charge < -0.3 is 0 Å². The lowest BCUT2D eigenvalue weighted by Crippen LogP contribution is -2.00. The second kappa shape index (κ2) is 4.56. The van der Waals surface area contributed by atoms with Gasteiger partial charge in [-0.05, 0) is 17.5 Å². The number of rotatable bonds is 3. The van der Waals surface area contributed by atoms with E-state index in [1.807, 2.05) is 25.1 Å². The van der Waals surface area contributed by atoms with Crippen molar-refractivity contribution in [2.45, 2.75) is 31.6 Å². The SMILES string of the molecule is CCS(=O)c1ccccc1C(C)C. The summed E-state index contributed by atoms with van der Waals surface area (Å²) in [6, 6.07) is 7.99. The molecule has 0 aliphatic heterocycles. The Labute approximate surface area is 82.6 Å². The lowest BCUT2D eigenvalue weighted by Gasteiger charge is -2.10. The normalized spacial score (nSPS) is 13.2. The first-order chi connectivity index (χ1) is 6.16. The molecule has 72 valence electrons. The fraction of sp³-hybridized carbons (Fsp3) is 0.455. The molecule has 1 nitrogen and oxygen atoms in total. The Morgan fingerprint density at radius 2 is 1.92 bits per heavy atom. The van der Waals surface area contributed by atoms with Gasteiger partial charge in [-0.1, -0.05) is 39.0 Å². The van der Waals surface area contributed by atoms with Crippen LogP contribution in [0.2, 0.25) is 0 Å². The van der Waals surface area contributed by atoms with Crippen LogP contribution in [0.5, 0.6) is 0 Å². The highest BCUT2D eigenvalue weighted by Gasteiger charge is 2.09. The van der Waals surface area contributed by atoms with Crippen LogP contribution in [0.1, 0.15) is 32.3 Å². The zero-order chi connectivity index (χ0) is 9.84. The maximum atomic E-state index is 11.6. The van der Waals surface area contributed by atoms with Crippen molar-refractivity contribution in [3.63, 3.8) is 0 Å². The van der Waals surface area contributed by atoms with E-state index in [0.717, 1.165) is 4.90 Å². The van der Waals surface area contributed by atoms with Crippen molar-refractivity contribution in [2.24, 2.45) is 0 Å². The summed E-state index contributed by atoms with van der Waals surface area (Å²) < 4.78 is 11.6. The summed E-state index contributed by atoms with van der Waals surface area (Å²) in [5, 5.41) is 0. The van der Waals surface area contributed by atoms with Crippen LogP contribution in [0.25, 0.3) is 0 Å². The highest BCUT2D eigenvalue weighted by Crippen LogP contribution is 2.21. The van der Waals surface area contributed by atoms with Gasteiger partial charge >= 0.3 is 0 Å². The van der Waals surface area contributed by atoms with Crippen molar-refractivity contribution < 1.29 is 4.21 Å². The predicted molar refractivity (Wildman–Crippen MR) is 57.5 cm³/mol. The van der Waals surface area contributed by atoms with Crippen molar-refractivity contribution in [1.82, 2.24) is 0 Å². The average Bonchev–Trinajstić information content (AvgIpc) is 2.16. The van der Waals surface area contributed by atoms with Gasteiger partial charge in [0.05, 0.1) is 10.8 Å². The van der Waals surface area contributed by atoms with E-state index in [9.17, 15) is 4.21 Å². The van der Waals surface area contributed by atoms with Gasteiger partial charge in [0.15, 0.2) is 0 Å². The molecule has 1 atom stereocenters. The van der Waals surface area contributed by atoms with Crippen LogP contribution in [-0.2, 0) is 10.8 Å². The van der Waals surface area contributed by atoms with Gasteiger partial charge in [-0.2, -0.15) is 0 Å². The van der Waals surface area contributed by atoms with Crippen LogP contribution < -0.4 is 0 Å². The molecule has 1 rings (SSSR count). The molecule has 0 bridgehead atoms. The zero-order valence-electron chi connectivity index (χ0n) is 8.41. The Morgan fingerprint density at radius 3 is 2.46 bits per heavy atom. The molecule has 0 aliphatic rings. The van der Waals surface area contributed by atoms with E-state index >= 15 is 0 Å². The second-order valence-electron chi connectivity index (χ2n) is 3.33. The third-order valence-electron chi connectivity index (χ3n) is 2.05. The van der Waals surface area contributed by atoms with Gasteiger partial charge in [0.25, 0.3) is 0 Å². The Morgan fingerprint density at radius 1 is 1.31 bits per heavy atom. The molecule has 0 spiro atoms. The molecular weight excluding hydrogens is 180 g/mol. The van der Waals surface area contributed by atoms with Crippen molar-refractivity contribution in [3.05, 3.63) is 29.8 Å². The average molecular weight is 196 g/mol. The van der Waals surface area contributed by atoms with Crippen LogP contribution in [0.3, 0.4) is 0 Å². The summed E-state index contributed by atoms with van der Waals surface area (Å²) in [6.45, 7) is 6.21. The fourth-order valence-electron chi connectivity index (χ4n) is 1.32. The van der Waals surface area contributed by atoms with Crippen molar-refractivity contribution in [1.29, 1.82) is 0 Å². The molecule has 1 unspecified atom stereocenters. The summed E-state index contributed by atoms with van der Waals surface area (Å²) >= 11 is 0. The number of hydrogen-bond donors (Lipinski definition) is 0. The molecule has 0 amide bonds. The van der Waals surface area contributed by atoms with Crippen LogP contribution in [0.15, 0.2) is 29.2 Å². The third kappa shape index (κ3) is 2.41. The molecule has 0 aliphatic carbocycles. The van der Waals surface area contributed by atoms with Crippen LogP contribution >= 0.6 is 0 Å². The molecule has 0 aromatic heterocycles. The van der Waals surface area contributed by atoms with E-state index < -0.39 is 10.8 Å². The summed E-state index contributed by atoms with van der Waals surface area (Å²) in [5.41, 5.74) is 1.21. The van der Waals surface area contributed by atoms with E-state index in [4.69, 9.17) is 0 Å². The van der Waals surface area contributed by atoms with Crippen molar-refractivity contribution >= 4 is 10.8 Å². The smallest absolute Gasteiger partial charge is 0.0529 e. The Kier molecular flexibility index (Phi) is 3.67. The minimum atomic E-state index is -0.822. The van der Waals surface area contributed by atoms with Crippen LogP contribution in [0, 0.1) is 0 Å². The number of benzene rings is 1. The maximum absolute atomic E-state index is 11.6. The molecule has 0 saturated carbocycles. The van der Waals surface area contributed by atoms with Gasteiger partial charge in [0, 0.05) is 10.6 Å². The Bertz CT molecular complexity index is 305. The Hall–Kier alpha value is -0.630. The van der Waals surface area contributed by atoms with Crippen molar-refractivity contribution in [2.75, 3.05) is 5.75 Å². The molecule has 0 radical (unpaired) electrons. The standard InChI is InChI=1S/C11H16OS/c1-4-13(12)11-8-6-5-7-10(11)9(2)3/h5-9H,4H2,1-3H3. The third-order valence-corrected chi connectivity index (χ3v) is 3.44.